The molecule has 1 atom stereocenters. The van der Waals surface area contributed by atoms with Crippen molar-refractivity contribution in [2.45, 2.75) is 30.8 Å². The zero-order chi connectivity index (χ0) is 15.3. The Hall–Kier alpha value is -0.960. The normalized spacial score (nSPS) is 13.2. The predicted molar refractivity (Wildman–Crippen MR) is 77.2 cm³/mol. The number of halogens is 1. The fraction of sp³-hybridized carbons (Fsp3) is 0.417. The molecule has 0 saturated carbocycles. The van der Waals surface area contributed by atoms with Crippen molar-refractivity contribution < 1.29 is 23.4 Å². The fourth-order valence-corrected chi connectivity index (χ4v) is 3.07. The van der Waals surface area contributed by atoms with Gasteiger partial charge in [-0.1, -0.05) is 13.3 Å². The lowest BCUT2D eigenvalue weighted by Gasteiger charge is -2.12. The Kier molecular flexibility index (Phi) is 6.12. The lowest BCUT2D eigenvalue weighted by molar-refractivity contribution is 0.0695. The maximum Gasteiger partial charge on any atom is 0.336 e. The first kappa shape index (κ1) is 17.1. The van der Waals surface area contributed by atoms with Crippen molar-refractivity contribution in [1.82, 2.24) is 4.72 Å². The predicted octanol–water partition coefficient (Wildman–Crippen LogP) is 1.59. The number of rotatable bonds is 7. The largest absolute Gasteiger partial charge is 0.478 e. The molecule has 0 saturated heterocycles. The van der Waals surface area contributed by atoms with Crippen LogP contribution in [0.15, 0.2) is 27.6 Å². The van der Waals surface area contributed by atoms with Crippen molar-refractivity contribution in [2.24, 2.45) is 0 Å². The highest BCUT2D eigenvalue weighted by molar-refractivity contribution is 9.10. The summed E-state index contributed by atoms with van der Waals surface area (Å²) in [5.41, 5.74) is -0.137. The van der Waals surface area contributed by atoms with E-state index < -0.39 is 22.1 Å². The molecular weight excluding hydrogens is 350 g/mol. The number of aliphatic hydroxyl groups excluding tert-OH is 1. The first-order valence-corrected chi connectivity index (χ1v) is 8.26. The minimum absolute atomic E-state index is 0.103. The van der Waals surface area contributed by atoms with E-state index in [1.165, 1.54) is 12.1 Å². The Balaban J connectivity index is 2.93. The van der Waals surface area contributed by atoms with Crippen molar-refractivity contribution in [3.05, 3.63) is 28.2 Å². The molecule has 1 aromatic rings. The number of aromatic carboxylic acids is 1. The van der Waals surface area contributed by atoms with Crippen molar-refractivity contribution in [3.63, 3.8) is 0 Å². The fourth-order valence-electron chi connectivity index (χ4n) is 1.56. The zero-order valence-corrected chi connectivity index (χ0v) is 13.2. The van der Waals surface area contributed by atoms with Crippen LogP contribution in [0, 0.1) is 0 Å². The van der Waals surface area contributed by atoms with Crippen LogP contribution >= 0.6 is 15.9 Å². The molecule has 1 rings (SSSR count). The molecule has 1 unspecified atom stereocenters. The molecule has 0 heterocycles. The second kappa shape index (κ2) is 7.16. The quantitative estimate of drug-likeness (QED) is 0.680. The minimum atomic E-state index is -3.84. The molecular formula is C12H16BrNO5S. The molecule has 6 nitrogen and oxygen atoms in total. The average Bonchev–Trinajstić information content (AvgIpc) is 2.37. The van der Waals surface area contributed by atoms with Crippen LogP contribution in [0.1, 0.15) is 30.1 Å². The molecule has 1 aromatic carbocycles. The SMILES string of the molecule is CCCC(O)CNS(=O)(=O)c1ccc(Br)c(C(=O)O)c1. The molecule has 0 aliphatic rings. The molecule has 0 fully saturated rings. The summed E-state index contributed by atoms with van der Waals surface area (Å²) in [6, 6.07) is 3.73. The minimum Gasteiger partial charge on any atom is -0.478 e. The Labute approximate surface area is 126 Å². The summed E-state index contributed by atoms with van der Waals surface area (Å²) >= 11 is 3.04. The van der Waals surface area contributed by atoms with Crippen LogP contribution in [-0.4, -0.2) is 37.2 Å². The van der Waals surface area contributed by atoms with Gasteiger partial charge >= 0.3 is 5.97 Å². The van der Waals surface area contributed by atoms with Crippen LogP contribution in [0.4, 0.5) is 0 Å². The van der Waals surface area contributed by atoms with Gasteiger partial charge in [0.15, 0.2) is 0 Å². The maximum absolute atomic E-state index is 12.0. The third-order valence-electron chi connectivity index (χ3n) is 2.61. The summed E-state index contributed by atoms with van der Waals surface area (Å²) in [4.78, 5) is 10.8. The van der Waals surface area contributed by atoms with Gasteiger partial charge in [-0.05, 0) is 40.5 Å². The van der Waals surface area contributed by atoms with E-state index >= 15 is 0 Å². The molecule has 0 aromatic heterocycles. The maximum atomic E-state index is 12.0. The highest BCUT2D eigenvalue weighted by Crippen LogP contribution is 2.21. The topological polar surface area (TPSA) is 104 Å². The number of carboxylic acids is 1. The van der Waals surface area contributed by atoms with Crippen LogP contribution < -0.4 is 4.72 Å². The van der Waals surface area contributed by atoms with Crippen LogP contribution in [-0.2, 0) is 10.0 Å². The number of hydrogen-bond donors (Lipinski definition) is 3. The van der Waals surface area contributed by atoms with E-state index in [1.807, 2.05) is 6.92 Å². The van der Waals surface area contributed by atoms with E-state index in [9.17, 15) is 18.3 Å². The van der Waals surface area contributed by atoms with E-state index in [-0.39, 0.29) is 17.0 Å². The molecule has 0 spiro atoms. The average molecular weight is 366 g/mol. The molecule has 0 aliphatic carbocycles. The number of sulfonamides is 1. The van der Waals surface area contributed by atoms with Gasteiger partial charge in [-0.25, -0.2) is 17.9 Å². The number of hydrogen-bond acceptors (Lipinski definition) is 4. The number of aliphatic hydroxyl groups is 1. The van der Waals surface area contributed by atoms with Gasteiger partial charge in [0.2, 0.25) is 10.0 Å². The smallest absolute Gasteiger partial charge is 0.336 e. The van der Waals surface area contributed by atoms with Crippen molar-refractivity contribution in [1.29, 1.82) is 0 Å². The molecule has 112 valence electrons. The highest BCUT2D eigenvalue weighted by Gasteiger charge is 2.19. The Bertz CT molecular complexity index is 588. The lowest BCUT2D eigenvalue weighted by atomic mass is 10.2. The summed E-state index contributed by atoms with van der Waals surface area (Å²) in [6.45, 7) is 1.78. The number of nitrogens with one attached hydrogen (secondary N) is 1. The van der Waals surface area contributed by atoms with Gasteiger partial charge in [0, 0.05) is 11.0 Å². The molecule has 8 heteroatoms. The van der Waals surface area contributed by atoms with Gasteiger partial charge in [-0.2, -0.15) is 0 Å². The Morgan fingerprint density at radius 3 is 2.65 bits per heavy atom. The van der Waals surface area contributed by atoms with E-state index in [0.29, 0.717) is 10.9 Å². The van der Waals surface area contributed by atoms with Gasteiger partial charge in [0.05, 0.1) is 16.6 Å². The number of carbonyl (C=O) groups is 1. The van der Waals surface area contributed by atoms with Crippen molar-refractivity contribution >= 4 is 31.9 Å². The van der Waals surface area contributed by atoms with Gasteiger partial charge in [-0.3, -0.25) is 0 Å². The van der Waals surface area contributed by atoms with E-state index in [1.54, 1.807) is 0 Å². The summed E-state index contributed by atoms with van der Waals surface area (Å²) in [5, 5.41) is 18.5. The van der Waals surface area contributed by atoms with E-state index in [4.69, 9.17) is 5.11 Å². The summed E-state index contributed by atoms with van der Waals surface area (Å²) < 4.78 is 26.6. The van der Waals surface area contributed by atoms with Gasteiger partial charge in [0.25, 0.3) is 0 Å². The zero-order valence-electron chi connectivity index (χ0n) is 10.8. The Morgan fingerprint density at radius 1 is 1.45 bits per heavy atom. The first-order chi connectivity index (χ1) is 9.27. The van der Waals surface area contributed by atoms with Crippen LogP contribution in [0.25, 0.3) is 0 Å². The molecule has 0 radical (unpaired) electrons. The third-order valence-corrected chi connectivity index (χ3v) is 4.72. The lowest BCUT2D eigenvalue weighted by Crippen LogP contribution is -2.32. The molecule has 0 aliphatic heterocycles. The molecule has 0 bridgehead atoms. The van der Waals surface area contributed by atoms with Crippen molar-refractivity contribution in [3.8, 4) is 0 Å². The number of carboxylic acid groups (broad SMARTS) is 1. The van der Waals surface area contributed by atoms with Crippen molar-refractivity contribution in [2.75, 3.05) is 6.54 Å². The van der Waals surface area contributed by atoms with Gasteiger partial charge in [-0.15, -0.1) is 0 Å². The summed E-state index contributed by atoms with van der Waals surface area (Å²) in [5.74, 6) is -1.22. The molecule has 3 N–H and O–H groups in total. The third kappa shape index (κ3) is 4.55. The van der Waals surface area contributed by atoms with Crippen LogP contribution in [0.5, 0.6) is 0 Å². The molecule has 0 amide bonds. The van der Waals surface area contributed by atoms with E-state index in [0.717, 1.165) is 12.5 Å². The standard InChI is InChI=1S/C12H16BrNO5S/c1-2-3-8(15)7-14-20(18,19)9-4-5-11(13)10(6-9)12(16)17/h4-6,8,14-15H,2-3,7H2,1H3,(H,16,17). The summed E-state index contributed by atoms with van der Waals surface area (Å²) in [6.07, 6.45) is 0.470. The van der Waals surface area contributed by atoms with Crippen LogP contribution in [0.3, 0.4) is 0 Å². The highest BCUT2D eigenvalue weighted by atomic mass is 79.9. The Morgan fingerprint density at radius 2 is 2.10 bits per heavy atom. The van der Waals surface area contributed by atoms with E-state index in [2.05, 4.69) is 20.7 Å². The second-order valence-electron chi connectivity index (χ2n) is 4.24. The van der Waals surface area contributed by atoms with Crippen LogP contribution in [0.2, 0.25) is 0 Å². The summed E-state index contributed by atoms with van der Waals surface area (Å²) in [7, 11) is -3.84. The van der Waals surface area contributed by atoms with Gasteiger partial charge < -0.3 is 10.2 Å². The monoisotopic (exact) mass is 365 g/mol. The van der Waals surface area contributed by atoms with Gasteiger partial charge in [0.1, 0.15) is 0 Å². The molecule has 20 heavy (non-hydrogen) atoms. The number of benzene rings is 1. The first-order valence-electron chi connectivity index (χ1n) is 5.98. The second-order valence-corrected chi connectivity index (χ2v) is 6.86.